The van der Waals surface area contributed by atoms with Crippen molar-refractivity contribution in [2.45, 2.75) is 0 Å². The Kier molecular flexibility index (Phi) is 3.06. The lowest BCUT2D eigenvalue weighted by molar-refractivity contribution is 0.0690. The van der Waals surface area contributed by atoms with E-state index in [2.05, 4.69) is 19.9 Å². The number of hydrogen-bond donors (Lipinski definition) is 2. The van der Waals surface area contributed by atoms with Crippen LogP contribution in [-0.2, 0) is 0 Å². The highest BCUT2D eigenvalue weighted by Gasteiger charge is 2.11. The first-order valence-corrected chi connectivity index (χ1v) is 5.23. The van der Waals surface area contributed by atoms with Gasteiger partial charge in [-0.3, -0.25) is 4.79 Å². The van der Waals surface area contributed by atoms with Crippen LogP contribution in [0.3, 0.4) is 0 Å². The van der Waals surface area contributed by atoms with Crippen molar-refractivity contribution in [3.63, 3.8) is 0 Å². The Morgan fingerprint density at radius 1 is 1.35 bits per heavy atom. The lowest BCUT2D eigenvalue weighted by atomic mass is 10.3. The third-order valence-corrected chi connectivity index (χ3v) is 2.46. The summed E-state index contributed by atoms with van der Waals surface area (Å²) in [5, 5.41) is 14.7. The van der Waals surface area contributed by atoms with Gasteiger partial charge in [-0.25, -0.2) is 9.78 Å². The Labute approximate surface area is 99.3 Å². The van der Waals surface area contributed by atoms with Gasteiger partial charge in [-0.2, -0.15) is 0 Å². The topological polar surface area (TPSA) is 105 Å². The predicted octanol–water partition coefficient (Wildman–Crippen LogP) is 0.884. The first kappa shape index (κ1) is 11.1. The molecule has 0 atom stereocenters. The average molecular weight is 250 g/mol. The molecule has 2 N–H and O–H groups in total. The van der Waals surface area contributed by atoms with Crippen molar-refractivity contribution in [2.24, 2.45) is 0 Å². The number of nitrogens with zero attached hydrogens (tertiary/aromatic N) is 3. The molecule has 2 rings (SSSR count). The van der Waals surface area contributed by atoms with Gasteiger partial charge < -0.3 is 10.4 Å². The molecule has 8 heteroatoms. The van der Waals surface area contributed by atoms with Crippen LogP contribution in [0.5, 0.6) is 0 Å². The summed E-state index contributed by atoms with van der Waals surface area (Å²) in [6.45, 7) is 0. The molecule has 0 spiro atoms. The lowest BCUT2D eigenvalue weighted by Crippen LogP contribution is -2.12. The second-order valence-electron chi connectivity index (χ2n) is 2.95. The maximum Gasteiger partial charge on any atom is 0.354 e. The van der Waals surface area contributed by atoms with Crippen molar-refractivity contribution in [1.82, 2.24) is 14.6 Å². The fourth-order valence-electron chi connectivity index (χ4n) is 1.07. The van der Waals surface area contributed by atoms with E-state index in [-0.39, 0.29) is 11.5 Å². The summed E-state index contributed by atoms with van der Waals surface area (Å²) < 4.78 is 3.55. The molecule has 0 saturated carbocycles. The summed E-state index contributed by atoms with van der Waals surface area (Å²) in [6.07, 6.45) is 1.32. The number of carboxylic acid groups (broad SMARTS) is 1. The molecule has 0 aliphatic carbocycles. The Balaban J connectivity index is 2.16. The number of aromatic nitrogens is 3. The van der Waals surface area contributed by atoms with Crippen LogP contribution in [-0.4, -0.2) is 31.6 Å². The molecule has 1 amide bonds. The smallest absolute Gasteiger partial charge is 0.354 e. The fourth-order valence-corrected chi connectivity index (χ4v) is 1.48. The second kappa shape index (κ2) is 4.66. The number of pyridine rings is 1. The van der Waals surface area contributed by atoms with Crippen molar-refractivity contribution in [1.29, 1.82) is 0 Å². The van der Waals surface area contributed by atoms with E-state index in [4.69, 9.17) is 5.11 Å². The van der Waals surface area contributed by atoms with Gasteiger partial charge >= 0.3 is 5.97 Å². The first-order chi connectivity index (χ1) is 8.16. The van der Waals surface area contributed by atoms with E-state index >= 15 is 0 Å². The molecule has 0 aliphatic rings. The minimum atomic E-state index is -1.15. The fraction of sp³-hybridized carbons (Fsp3) is 0. The van der Waals surface area contributed by atoms with Crippen molar-refractivity contribution >= 4 is 29.2 Å². The van der Waals surface area contributed by atoms with Crippen LogP contribution >= 0.6 is 11.5 Å². The molecule has 0 radical (unpaired) electrons. The van der Waals surface area contributed by atoms with Gasteiger partial charge in [0.15, 0.2) is 5.69 Å². The van der Waals surface area contributed by atoms with Crippen molar-refractivity contribution in [2.75, 3.05) is 5.32 Å². The van der Waals surface area contributed by atoms with Crippen LogP contribution in [0.4, 0.5) is 5.82 Å². The summed E-state index contributed by atoms with van der Waals surface area (Å²) in [5.41, 5.74) is -0.134. The highest BCUT2D eigenvalue weighted by molar-refractivity contribution is 7.07. The van der Waals surface area contributed by atoms with E-state index in [1.807, 2.05) is 0 Å². The molecule has 86 valence electrons. The molecular formula is C9H6N4O3S. The third-order valence-electron chi connectivity index (χ3n) is 1.79. The van der Waals surface area contributed by atoms with Gasteiger partial charge in [-0.15, -0.1) is 5.10 Å². The molecule has 7 nitrogen and oxygen atoms in total. The van der Waals surface area contributed by atoms with Crippen molar-refractivity contribution in [3.8, 4) is 0 Å². The first-order valence-electron chi connectivity index (χ1n) is 4.46. The van der Waals surface area contributed by atoms with E-state index in [0.717, 1.165) is 11.5 Å². The van der Waals surface area contributed by atoms with Crippen molar-refractivity contribution < 1.29 is 14.7 Å². The third kappa shape index (κ3) is 2.61. The number of carboxylic acids is 1. The van der Waals surface area contributed by atoms with Crippen molar-refractivity contribution in [3.05, 3.63) is 35.0 Å². The van der Waals surface area contributed by atoms with Gasteiger partial charge in [-0.1, -0.05) is 10.6 Å². The Bertz CT molecular complexity index is 555. The average Bonchev–Trinajstić information content (AvgIpc) is 2.82. The number of amides is 1. The van der Waals surface area contributed by atoms with Gasteiger partial charge in [0.25, 0.3) is 5.91 Å². The molecule has 0 fully saturated rings. The number of nitrogens with one attached hydrogen (secondary N) is 1. The molecule has 0 saturated heterocycles. The number of anilines is 1. The molecular weight excluding hydrogens is 244 g/mol. The highest BCUT2D eigenvalue weighted by Crippen LogP contribution is 2.09. The van der Waals surface area contributed by atoms with Gasteiger partial charge in [-0.05, 0) is 23.7 Å². The zero-order chi connectivity index (χ0) is 12.3. The second-order valence-corrected chi connectivity index (χ2v) is 3.73. The number of carbonyl (C=O) groups excluding carboxylic acids is 1. The predicted molar refractivity (Wildman–Crippen MR) is 59.1 cm³/mol. The van der Waals surface area contributed by atoms with E-state index in [1.54, 1.807) is 0 Å². The summed E-state index contributed by atoms with van der Waals surface area (Å²) in [5.74, 6) is -1.40. The van der Waals surface area contributed by atoms with E-state index < -0.39 is 11.9 Å². The molecule has 17 heavy (non-hydrogen) atoms. The summed E-state index contributed by atoms with van der Waals surface area (Å²) in [7, 11) is 0. The largest absolute Gasteiger partial charge is 0.477 e. The van der Waals surface area contributed by atoms with Gasteiger partial charge in [0.05, 0.1) is 6.20 Å². The zero-order valence-electron chi connectivity index (χ0n) is 8.32. The summed E-state index contributed by atoms with van der Waals surface area (Å²) in [4.78, 5) is 26.3. The maximum atomic E-state index is 11.6. The minimum absolute atomic E-state index is 0.134. The minimum Gasteiger partial charge on any atom is -0.477 e. The van der Waals surface area contributed by atoms with Gasteiger partial charge in [0.2, 0.25) is 0 Å². The lowest BCUT2D eigenvalue weighted by Gasteiger charge is -2.02. The zero-order valence-corrected chi connectivity index (χ0v) is 9.14. The van der Waals surface area contributed by atoms with Crippen LogP contribution in [0.15, 0.2) is 24.4 Å². The Hall–Kier alpha value is -2.35. The monoisotopic (exact) mass is 250 g/mol. The molecule has 2 heterocycles. The van der Waals surface area contributed by atoms with Crippen LogP contribution in [0, 0.1) is 0 Å². The number of aromatic carboxylic acids is 1. The molecule has 0 aromatic carbocycles. The number of hydrogen-bond acceptors (Lipinski definition) is 6. The van der Waals surface area contributed by atoms with Crippen LogP contribution in [0.1, 0.15) is 20.2 Å². The number of rotatable bonds is 3. The van der Waals surface area contributed by atoms with Gasteiger partial charge in [0.1, 0.15) is 10.7 Å². The molecule has 0 aliphatic heterocycles. The molecule has 0 unspecified atom stereocenters. The Morgan fingerprint density at radius 2 is 2.18 bits per heavy atom. The maximum absolute atomic E-state index is 11.6. The molecule has 2 aromatic rings. The highest BCUT2D eigenvalue weighted by atomic mass is 32.1. The number of carbonyl (C=O) groups is 2. The summed E-state index contributed by atoms with van der Waals surface area (Å²) in [6, 6.07) is 4.34. The quantitative estimate of drug-likeness (QED) is 0.837. The van der Waals surface area contributed by atoms with E-state index in [1.165, 1.54) is 24.4 Å². The van der Waals surface area contributed by atoms with Crippen LogP contribution < -0.4 is 5.32 Å². The summed E-state index contributed by atoms with van der Waals surface area (Å²) >= 11 is 0.944. The SMILES string of the molecule is O=C(O)c1cccc(NC(=O)c2cnns2)n1. The van der Waals surface area contributed by atoms with Crippen LogP contribution in [0.2, 0.25) is 0 Å². The Morgan fingerprint density at radius 3 is 2.82 bits per heavy atom. The van der Waals surface area contributed by atoms with E-state index in [9.17, 15) is 9.59 Å². The standard InChI is InChI=1S/C9H6N4O3S/c14-8(6-4-10-13-17-6)12-7-3-1-2-5(11-7)9(15)16/h1-4H,(H,15,16)(H,11,12,14). The molecule has 0 bridgehead atoms. The van der Waals surface area contributed by atoms with E-state index in [0.29, 0.717) is 4.88 Å². The van der Waals surface area contributed by atoms with Crippen LogP contribution in [0.25, 0.3) is 0 Å². The normalized spacial score (nSPS) is 9.88. The molecule has 2 aromatic heterocycles. The van der Waals surface area contributed by atoms with Gasteiger partial charge in [0, 0.05) is 0 Å².